The van der Waals surface area contributed by atoms with Crippen LogP contribution >= 0.6 is 0 Å². The minimum absolute atomic E-state index is 0.0770. The third-order valence-electron chi connectivity index (χ3n) is 3.42. The second-order valence-corrected chi connectivity index (χ2v) is 4.90. The summed E-state index contributed by atoms with van der Waals surface area (Å²) in [6, 6.07) is 5.71. The summed E-state index contributed by atoms with van der Waals surface area (Å²) in [5.41, 5.74) is 1.01. The van der Waals surface area contributed by atoms with E-state index in [1.54, 1.807) is 0 Å². The van der Waals surface area contributed by atoms with Gasteiger partial charge in [0.15, 0.2) is 11.5 Å². The molecule has 0 saturated carbocycles. The van der Waals surface area contributed by atoms with E-state index < -0.39 is 0 Å². The van der Waals surface area contributed by atoms with Crippen LogP contribution in [0.3, 0.4) is 0 Å². The molecule has 0 bridgehead atoms. The zero-order chi connectivity index (χ0) is 13.1. The Morgan fingerprint density at radius 3 is 3.05 bits per heavy atom. The van der Waals surface area contributed by atoms with E-state index in [0.29, 0.717) is 25.5 Å². The van der Waals surface area contributed by atoms with Crippen LogP contribution in [0.25, 0.3) is 0 Å². The molecule has 0 spiro atoms. The number of carbonyl (C=O) groups is 1. The standard InChI is InChI=1S/C14H17NO4/c16-14(6-11-3-4-17-8-11)15-7-10-1-2-12-13(5-10)19-9-18-12/h1-2,5,11H,3-4,6-9H2,(H,15,16)/t11-/m1/s1. The lowest BCUT2D eigenvalue weighted by Gasteiger charge is -2.09. The quantitative estimate of drug-likeness (QED) is 0.893. The van der Waals surface area contributed by atoms with E-state index in [0.717, 1.165) is 30.1 Å². The number of ether oxygens (including phenoxy) is 3. The summed E-state index contributed by atoms with van der Waals surface area (Å²) in [4.78, 5) is 11.8. The van der Waals surface area contributed by atoms with E-state index in [4.69, 9.17) is 14.2 Å². The molecule has 19 heavy (non-hydrogen) atoms. The molecule has 1 aromatic rings. The van der Waals surface area contributed by atoms with Crippen molar-refractivity contribution in [2.45, 2.75) is 19.4 Å². The lowest BCUT2D eigenvalue weighted by atomic mass is 10.0. The van der Waals surface area contributed by atoms with Gasteiger partial charge in [-0.2, -0.15) is 0 Å². The molecule has 1 aromatic carbocycles. The van der Waals surface area contributed by atoms with E-state index >= 15 is 0 Å². The van der Waals surface area contributed by atoms with Crippen molar-refractivity contribution in [2.24, 2.45) is 5.92 Å². The predicted molar refractivity (Wildman–Crippen MR) is 68.0 cm³/mol. The molecule has 0 aromatic heterocycles. The molecule has 5 heteroatoms. The van der Waals surface area contributed by atoms with Crippen molar-refractivity contribution in [1.29, 1.82) is 0 Å². The second kappa shape index (κ2) is 5.48. The highest BCUT2D eigenvalue weighted by Gasteiger charge is 2.19. The van der Waals surface area contributed by atoms with Crippen LogP contribution in [-0.2, 0) is 16.1 Å². The van der Waals surface area contributed by atoms with Gasteiger partial charge in [-0.05, 0) is 30.0 Å². The smallest absolute Gasteiger partial charge is 0.231 e. The molecular formula is C14H17NO4. The number of carbonyl (C=O) groups excluding carboxylic acids is 1. The summed E-state index contributed by atoms with van der Waals surface area (Å²) in [5, 5.41) is 2.93. The van der Waals surface area contributed by atoms with Crippen LogP contribution < -0.4 is 14.8 Å². The number of benzene rings is 1. The number of hydrogen-bond acceptors (Lipinski definition) is 4. The van der Waals surface area contributed by atoms with Crippen molar-refractivity contribution in [3.05, 3.63) is 23.8 Å². The van der Waals surface area contributed by atoms with Gasteiger partial charge in [0.1, 0.15) is 0 Å². The Labute approximate surface area is 111 Å². The fourth-order valence-corrected chi connectivity index (χ4v) is 2.33. The van der Waals surface area contributed by atoms with Crippen molar-refractivity contribution < 1.29 is 19.0 Å². The van der Waals surface area contributed by atoms with Gasteiger partial charge in [0.25, 0.3) is 0 Å². The predicted octanol–water partition coefficient (Wildman–Crippen LogP) is 1.46. The first-order valence-corrected chi connectivity index (χ1v) is 6.54. The molecule has 1 fully saturated rings. The molecular weight excluding hydrogens is 246 g/mol. The molecule has 2 heterocycles. The van der Waals surface area contributed by atoms with Crippen molar-refractivity contribution >= 4 is 5.91 Å². The van der Waals surface area contributed by atoms with E-state index in [-0.39, 0.29) is 12.7 Å². The van der Waals surface area contributed by atoms with Crippen LogP contribution in [0, 0.1) is 5.92 Å². The molecule has 0 unspecified atom stereocenters. The zero-order valence-electron chi connectivity index (χ0n) is 10.7. The molecule has 0 radical (unpaired) electrons. The Kier molecular flexibility index (Phi) is 3.55. The highest BCUT2D eigenvalue weighted by molar-refractivity contribution is 5.76. The van der Waals surface area contributed by atoms with Crippen LogP contribution in [0.5, 0.6) is 11.5 Å². The average Bonchev–Trinajstić information content (AvgIpc) is 3.06. The Hall–Kier alpha value is -1.75. The Morgan fingerprint density at radius 2 is 2.21 bits per heavy atom. The molecule has 0 aliphatic carbocycles. The van der Waals surface area contributed by atoms with Crippen LogP contribution in [0.4, 0.5) is 0 Å². The van der Waals surface area contributed by atoms with Gasteiger partial charge in [0.05, 0.1) is 0 Å². The van der Waals surface area contributed by atoms with E-state index in [9.17, 15) is 4.79 Å². The fraction of sp³-hybridized carbons (Fsp3) is 0.500. The van der Waals surface area contributed by atoms with Crippen LogP contribution in [0.2, 0.25) is 0 Å². The third kappa shape index (κ3) is 2.98. The number of rotatable bonds is 4. The van der Waals surface area contributed by atoms with Crippen LogP contribution in [0.1, 0.15) is 18.4 Å². The van der Waals surface area contributed by atoms with Crippen molar-refractivity contribution in [2.75, 3.05) is 20.0 Å². The minimum Gasteiger partial charge on any atom is -0.454 e. The Balaban J connectivity index is 1.50. The van der Waals surface area contributed by atoms with Gasteiger partial charge in [0.2, 0.25) is 12.7 Å². The topological polar surface area (TPSA) is 56.8 Å². The summed E-state index contributed by atoms with van der Waals surface area (Å²) in [6.45, 7) is 2.27. The zero-order valence-corrected chi connectivity index (χ0v) is 10.7. The molecule has 1 amide bonds. The second-order valence-electron chi connectivity index (χ2n) is 4.90. The number of fused-ring (bicyclic) bond motifs is 1. The van der Waals surface area contributed by atoms with Gasteiger partial charge < -0.3 is 19.5 Å². The average molecular weight is 263 g/mol. The van der Waals surface area contributed by atoms with Crippen LogP contribution in [-0.4, -0.2) is 25.9 Å². The molecule has 5 nitrogen and oxygen atoms in total. The minimum atomic E-state index is 0.0770. The summed E-state index contributed by atoms with van der Waals surface area (Å²) in [5.74, 6) is 1.96. The maximum Gasteiger partial charge on any atom is 0.231 e. The lowest BCUT2D eigenvalue weighted by molar-refractivity contribution is -0.122. The van der Waals surface area contributed by atoms with Crippen molar-refractivity contribution in [3.8, 4) is 11.5 Å². The summed E-state index contributed by atoms with van der Waals surface area (Å²) in [6.07, 6.45) is 1.53. The molecule has 1 N–H and O–H groups in total. The van der Waals surface area contributed by atoms with Crippen LogP contribution in [0.15, 0.2) is 18.2 Å². The van der Waals surface area contributed by atoms with E-state index in [1.807, 2.05) is 18.2 Å². The summed E-state index contributed by atoms with van der Waals surface area (Å²) >= 11 is 0. The largest absolute Gasteiger partial charge is 0.454 e. The molecule has 2 aliphatic rings. The third-order valence-corrected chi connectivity index (χ3v) is 3.42. The first-order chi connectivity index (χ1) is 9.31. The molecule has 1 atom stereocenters. The molecule has 3 rings (SSSR count). The number of hydrogen-bond donors (Lipinski definition) is 1. The van der Waals surface area contributed by atoms with Gasteiger partial charge >= 0.3 is 0 Å². The van der Waals surface area contributed by atoms with Gasteiger partial charge in [-0.3, -0.25) is 4.79 Å². The number of amides is 1. The first-order valence-electron chi connectivity index (χ1n) is 6.54. The monoisotopic (exact) mass is 263 g/mol. The van der Waals surface area contributed by atoms with Crippen molar-refractivity contribution in [1.82, 2.24) is 5.32 Å². The van der Waals surface area contributed by atoms with Gasteiger partial charge in [-0.25, -0.2) is 0 Å². The van der Waals surface area contributed by atoms with Gasteiger partial charge in [0, 0.05) is 26.2 Å². The Bertz CT molecular complexity index is 469. The SMILES string of the molecule is O=C(C[C@H]1CCOC1)NCc1ccc2c(c1)OCO2. The summed E-state index contributed by atoms with van der Waals surface area (Å²) < 4.78 is 15.8. The molecule has 1 saturated heterocycles. The van der Waals surface area contributed by atoms with E-state index in [1.165, 1.54) is 0 Å². The fourth-order valence-electron chi connectivity index (χ4n) is 2.33. The molecule has 2 aliphatic heterocycles. The first kappa shape index (κ1) is 12.3. The molecule has 102 valence electrons. The maximum absolute atomic E-state index is 11.8. The maximum atomic E-state index is 11.8. The number of nitrogens with one attached hydrogen (secondary N) is 1. The van der Waals surface area contributed by atoms with Gasteiger partial charge in [-0.15, -0.1) is 0 Å². The Morgan fingerprint density at radius 1 is 1.32 bits per heavy atom. The highest BCUT2D eigenvalue weighted by Crippen LogP contribution is 2.32. The highest BCUT2D eigenvalue weighted by atomic mass is 16.7. The van der Waals surface area contributed by atoms with E-state index in [2.05, 4.69) is 5.32 Å². The van der Waals surface area contributed by atoms with Crippen molar-refractivity contribution in [3.63, 3.8) is 0 Å². The normalized spacial score (nSPS) is 20.5. The lowest BCUT2D eigenvalue weighted by Crippen LogP contribution is -2.25. The van der Waals surface area contributed by atoms with Gasteiger partial charge in [-0.1, -0.05) is 6.07 Å². The summed E-state index contributed by atoms with van der Waals surface area (Å²) in [7, 11) is 0.